The topological polar surface area (TPSA) is 92.2 Å². The fraction of sp³-hybridized carbons (Fsp3) is 0.176. The number of hydrogen-bond acceptors (Lipinski definition) is 6. The van der Waals surface area contributed by atoms with Crippen LogP contribution in [0.15, 0.2) is 41.7 Å². The van der Waals surface area contributed by atoms with E-state index in [1.807, 2.05) is 6.92 Å². The summed E-state index contributed by atoms with van der Waals surface area (Å²) in [7, 11) is 0. The maximum absolute atomic E-state index is 12.0. The number of aromatic carboxylic acids is 1. The molecule has 2 heterocycles. The summed E-state index contributed by atoms with van der Waals surface area (Å²) in [4.78, 5) is 33.7. The molecule has 3 aromatic rings. The lowest BCUT2D eigenvalue weighted by atomic mass is 10.2. The van der Waals surface area contributed by atoms with Crippen molar-refractivity contribution in [2.45, 2.75) is 18.4 Å². The van der Waals surface area contributed by atoms with Gasteiger partial charge >= 0.3 is 5.97 Å². The minimum Gasteiger partial charge on any atom is -0.478 e. The van der Waals surface area contributed by atoms with Crippen molar-refractivity contribution in [3.05, 3.63) is 47.1 Å². The highest BCUT2D eigenvalue weighted by molar-refractivity contribution is 7.99. The van der Waals surface area contributed by atoms with Crippen molar-refractivity contribution in [1.29, 1.82) is 0 Å². The lowest BCUT2D eigenvalue weighted by Gasteiger charge is -2.06. The van der Waals surface area contributed by atoms with E-state index in [1.54, 1.807) is 23.5 Å². The molecule has 25 heavy (non-hydrogen) atoms. The molecule has 0 saturated carbocycles. The van der Waals surface area contributed by atoms with Crippen molar-refractivity contribution in [2.75, 3.05) is 11.1 Å². The molecule has 3 rings (SSSR count). The Morgan fingerprint density at radius 3 is 2.92 bits per heavy atom. The van der Waals surface area contributed by atoms with Crippen LogP contribution in [0.3, 0.4) is 0 Å². The zero-order valence-electron chi connectivity index (χ0n) is 13.4. The van der Waals surface area contributed by atoms with Crippen LogP contribution in [0.1, 0.15) is 21.7 Å². The van der Waals surface area contributed by atoms with Gasteiger partial charge in [0.1, 0.15) is 16.2 Å². The Hall–Kier alpha value is -2.45. The number of aryl methyl sites for hydroxylation is 1. The minimum atomic E-state index is -1.02. The summed E-state index contributed by atoms with van der Waals surface area (Å²) >= 11 is 3.13. The molecule has 2 N–H and O–H groups in total. The summed E-state index contributed by atoms with van der Waals surface area (Å²) in [6.45, 7) is 2.03. The van der Waals surface area contributed by atoms with Gasteiger partial charge in [-0.3, -0.25) is 4.79 Å². The number of thioether (sulfide) groups is 1. The molecule has 0 aliphatic rings. The number of nitrogens with zero attached hydrogens (tertiary/aromatic N) is 2. The van der Waals surface area contributed by atoms with Gasteiger partial charge in [0.25, 0.3) is 0 Å². The van der Waals surface area contributed by atoms with Gasteiger partial charge in [-0.2, -0.15) is 0 Å². The summed E-state index contributed by atoms with van der Waals surface area (Å²) < 4.78 is 0. The van der Waals surface area contributed by atoms with E-state index in [0.717, 1.165) is 15.2 Å². The SMILES string of the molecule is Cc1cc2c(SCCC(=O)Nc3cccc(C(=O)O)c3)ncnc2s1. The van der Waals surface area contributed by atoms with Crippen LogP contribution in [0, 0.1) is 6.92 Å². The van der Waals surface area contributed by atoms with Gasteiger partial charge in [0, 0.05) is 28.1 Å². The molecule has 0 radical (unpaired) electrons. The first-order chi connectivity index (χ1) is 12.0. The zero-order chi connectivity index (χ0) is 17.8. The van der Waals surface area contributed by atoms with Gasteiger partial charge in [-0.05, 0) is 31.2 Å². The van der Waals surface area contributed by atoms with E-state index in [9.17, 15) is 9.59 Å². The molecule has 0 saturated heterocycles. The molecule has 2 aromatic heterocycles. The third-order valence-corrected chi connectivity index (χ3v) is 5.34. The standard InChI is InChI=1S/C17H15N3O3S2/c1-10-7-13-15(18-9-19-16(13)25-10)24-6-5-14(21)20-12-4-2-3-11(8-12)17(22)23/h2-4,7-9H,5-6H2,1H3,(H,20,21)(H,22,23). The van der Waals surface area contributed by atoms with Crippen LogP contribution >= 0.6 is 23.1 Å². The molecule has 0 spiro atoms. The fourth-order valence-corrected chi connectivity index (χ4v) is 4.09. The van der Waals surface area contributed by atoms with E-state index in [4.69, 9.17) is 5.11 Å². The lowest BCUT2D eigenvalue weighted by Crippen LogP contribution is -2.12. The predicted molar refractivity (Wildman–Crippen MR) is 99.5 cm³/mol. The zero-order valence-corrected chi connectivity index (χ0v) is 15.0. The van der Waals surface area contributed by atoms with Gasteiger partial charge in [-0.15, -0.1) is 23.1 Å². The smallest absolute Gasteiger partial charge is 0.335 e. The molecular formula is C17H15N3O3S2. The second-order valence-corrected chi connectivity index (χ2v) is 7.61. The number of thiophene rings is 1. The molecule has 0 unspecified atom stereocenters. The summed E-state index contributed by atoms with van der Waals surface area (Å²) in [5.41, 5.74) is 0.621. The molecule has 0 atom stereocenters. The van der Waals surface area contributed by atoms with Crippen molar-refractivity contribution in [3.8, 4) is 0 Å². The summed E-state index contributed by atoms with van der Waals surface area (Å²) in [6, 6.07) is 8.25. The molecule has 0 fully saturated rings. The first kappa shape index (κ1) is 17.4. The second kappa shape index (κ2) is 7.62. The second-order valence-electron chi connectivity index (χ2n) is 5.29. The van der Waals surface area contributed by atoms with Gasteiger partial charge in [-0.25, -0.2) is 14.8 Å². The van der Waals surface area contributed by atoms with Crippen LogP contribution in [-0.4, -0.2) is 32.7 Å². The number of carboxylic acid groups (broad SMARTS) is 1. The van der Waals surface area contributed by atoms with Gasteiger partial charge in [-0.1, -0.05) is 6.07 Å². The van der Waals surface area contributed by atoms with E-state index in [0.29, 0.717) is 17.9 Å². The van der Waals surface area contributed by atoms with Crippen LogP contribution in [0.2, 0.25) is 0 Å². The third kappa shape index (κ3) is 4.34. The summed E-state index contributed by atoms with van der Waals surface area (Å²) in [6.07, 6.45) is 1.84. The molecule has 1 aromatic carbocycles. The molecule has 0 aliphatic carbocycles. The van der Waals surface area contributed by atoms with Crippen molar-refractivity contribution in [2.24, 2.45) is 0 Å². The van der Waals surface area contributed by atoms with Crippen molar-refractivity contribution < 1.29 is 14.7 Å². The normalized spacial score (nSPS) is 10.8. The number of anilines is 1. The van der Waals surface area contributed by atoms with Crippen molar-refractivity contribution in [3.63, 3.8) is 0 Å². The first-order valence-electron chi connectivity index (χ1n) is 7.50. The number of amides is 1. The molecule has 6 nitrogen and oxygen atoms in total. The Bertz CT molecular complexity index is 940. The third-order valence-electron chi connectivity index (χ3n) is 3.38. The molecule has 0 bridgehead atoms. The van der Waals surface area contributed by atoms with Crippen LogP contribution in [0.5, 0.6) is 0 Å². The largest absolute Gasteiger partial charge is 0.478 e. The monoisotopic (exact) mass is 373 g/mol. The molecule has 0 aliphatic heterocycles. The van der Waals surface area contributed by atoms with Crippen molar-refractivity contribution >= 4 is 50.9 Å². The van der Waals surface area contributed by atoms with E-state index in [-0.39, 0.29) is 11.5 Å². The predicted octanol–water partition coefficient (Wildman–Crippen LogP) is 3.82. The molecule has 8 heteroatoms. The van der Waals surface area contributed by atoms with Crippen LogP contribution in [0.25, 0.3) is 10.2 Å². The Morgan fingerprint density at radius 1 is 1.28 bits per heavy atom. The van der Waals surface area contributed by atoms with E-state index < -0.39 is 5.97 Å². The lowest BCUT2D eigenvalue weighted by molar-refractivity contribution is -0.115. The van der Waals surface area contributed by atoms with Gasteiger partial charge in [0.05, 0.1) is 5.56 Å². The summed E-state index contributed by atoms with van der Waals surface area (Å²) in [5.74, 6) is -0.613. The summed E-state index contributed by atoms with van der Waals surface area (Å²) in [5, 5.41) is 13.6. The highest BCUT2D eigenvalue weighted by Crippen LogP contribution is 2.30. The molecule has 1 amide bonds. The highest BCUT2D eigenvalue weighted by Gasteiger charge is 2.10. The average molecular weight is 373 g/mol. The number of carboxylic acids is 1. The average Bonchev–Trinajstić information content (AvgIpc) is 2.96. The van der Waals surface area contributed by atoms with Gasteiger partial charge < -0.3 is 10.4 Å². The maximum atomic E-state index is 12.0. The minimum absolute atomic E-state index is 0.142. The molecular weight excluding hydrogens is 358 g/mol. The van der Waals surface area contributed by atoms with E-state index in [1.165, 1.54) is 35.1 Å². The van der Waals surface area contributed by atoms with Crippen LogP contribution < -0.4 is 5.32 Å². The Morgan fingerprint density at radius 2 is 2.12 bits per heavy atom. The quantitative estimate of drug-likeness (QED) is 0.504. The maximum Gasteiger partial charge on any atom is 0.335 e. The number of benzene rings is 1. The molecule has 128 valence electrons. The first-order valence-corrected chi connectivity index (χ1v) is 9.30. The van der Waals surface area contributed by atoms with E-state index in [2.05, 4.69) is 21.4 Å². The van der Waals surface area contributed by atoms with Crippen LogP contribution in [0.4, 0.5) is 5.69 Å². The number of carbonyl (C=O) groups excluding carboxylic acids is 1. The fourth-order valence-electron chi connectivity index (χ4n) is 2.26. The number of rotatable bonds is 6. The number of nitrogens with one attached hydrogen (secondary N) is 1. The van der Waals surface area contributed by atoms with Crippen LogP contribution in [-0.2, 0) is 4.79 Å². The Balaban J connectivity index is 1.57. The number of hydrogen-bond donors (Lipinski definition) is 2. The number of carbonyl (C=O) groups is 2. The van der Waals surface area contributed by atoms with Crippen molar-refractivity contribution in [1.82, 2.24) is 9.97 Å². The Labute approximate surface area is 152 Å². The number of aromatic nitrogens is 2. The van der Waals surface area contributed by atoms with Gasteiger partial charge in [0.2, 0.25) is 5.91 Å². The Kier molecular flexibility index (Phi) is 5.30. The number of fused-ring (bicyclic) bond motifs is 1. The highest BCUT2D eigenvalue weighted by atomic mass is 32.2. The van der Waals surface area contributed by atoms with E-state index >= 15 is 0 Å². The van der Waals surface area contributed by atoms with Gasteiger partial charge in [0.15, 0.2) is 0 Å².